The van der Waals surface area contributed by atoms with Gasteiger partial charge < -0.3 is 10.5 Å². The molecule has 14 heavy (non-hydrogen) atoms. The zero-order chi connectivity index (χ0) is 9.68. The fourth-order valence-corrected chi connectivity index (χ4v) is 0.687. The maximum Gasteiger partial charge on any atom is 0.347 e. The summed E-state index contributed by atoms with van der Waals surface area (Å²) < 4.78 is 4.34. The van der Waals surface area contributed by atoms with Crippen LogP contribution < -0.4 is 5.73 Å². The van der Waals surface area contributed by atoms with Crippen molar-refractivity contribution in [1.82, 2.24) is 4.98 Å². The van der Waals surface area contributed by atoms with Crippen molar-refractivity contribution in [2.45, 2.75) is 0 Å². The van der Waals surface area contributed by atoms with Gasteiger partial charge in [0.2, 0.25) is 0 Å². The molecular weight excluding hydrogens is 223 g/mol. The Kier molecular flexibility index (Phi) is 5.79. The standard InChI is InChI=1S/C8H8N2O3.V/c9-4-7(11)13-8(12)6-2-1-3-10-5-6;/h1-3,5H,4,9H2;. The third-order valence-electron chi connectivity index (χ3n) is 1.27. The minimum Gasteiger partial charge on any atom is -0.388 e. The summed E-state index contributed by atoms with van der Waals surface area (Å²) in [5, 5.41) is 0. The number of hydrogen-bond donors (Lipinski definition) is 1. The van der Waals surface area contributed by atoms with Crippen molar-refractivity contribution in [3.63, 3.8) is 0 Å². The van der Waals surface area contributed by atoms with E-state index < -0.39 is 11.9 Å². The van der Waals surface area contributed by atoms with Crippen LogP contribution in [0.25, 0.3) is 0 Å². The molecule has 2 N–H and O–H groups in total. The van der Waals surface area contributed by atoms with Crippen molar-refractivity contribution in [2.24, 2.45) is 5.73 Å². The summed E-state index contributed by atoms with van der Waals surface area (Å²) in [4.78, 5) is 25.4. The first-order valence-electron chi connectivity index (χ1n) is 3.59. The van der Waals surface area contributed by atoms with Crippen molar-refractivity contribution in [2.75, 3.05) is 6.54 Å². The Bertz CT molecular complexity index is 316. The summed E-state index contributed by atoms with van der Waals surface area (Å²) in [6.07, 6.45) is 2.83. The van der Waals surface area contributed by atoms with Crippen molar-refractivity contribution >= 4 is 11.9 Å². The van der Waals surface area contributed by atoms with Crippen molar-refractivity contribution < 1.29 is 32.9 Å². The summed E-state index contributed by atoms with van der Waals surface area (Å²) in [5.41, 5.74) is 5.18. The predicted molar refractivity (Wildman–Crippen MR) is 43.7 cm³/mol. The van der Waals surface area contributed by atoms with Gasteiger partial charge in [0.15, 0.2) is 0 Å². The molecule has 0 fully saturated rings. The average molecular weight is 231 g/mol. The maximum atomic E-state index is 11.1. The Balaban J connectivity index is 0.00000169. The van der Waals surface area contributed by atoms with Gasteiger partial charge in [-0.1, -0.05) is 0 Å². The van der Waals surface area contributed by atoms with Gasteiger partial charge in [-0.05, 0) is 12.1 Å². The third kappa shape index (κ3) is 3.70. The van der Waals surface area contributed by atoms with E-state index in [9.17, 15) is 9.59 Å². The van der Waals surface area contributed by atoms with Gasteiger partial charge in [-0.15, -0.1) is 0 Å². The fraction of sp³-hybridized carbons (Fsp3) is 0.125. The van der Waals surface area contributed by atoms with E-state index >= 15 is 0 Å². The Morgan fingerprint density at radius 3 is 2.71 bits per heavy atom. The largest absolute Gasteiger partial charge is 0.388 e. The summed E-state index contributed by atoms with van der Waals surface area (Å²) in [7, 11) is 0. The van der Waals surface area contributed by atoms with E-state index in [1.54, 1.807) is 6.07 Å². The number of nitrogens with two attached hydrogens (primary N) is 1. The number of carbonyl (C=O) groups is 2. The van der Waals surface area contributed by atoms with E-state index in [0.717, 1.165) is 0 Å². The van der Waals surface area contributed by atoms with Crippen LogP contribution in [0, 0.1) is 0 Å². The first-order chi connectivity index (χ1) is 6.24. The first kappa shape index (κ1) is 12.8. The van der Waals surface area contributed by atoms with Crippen LogP contribution in [-0.2, 0) is 28.1 Å². The van der Waals surface area contributed by atoms with Gasteiger partial charge in [-0.3, -0.25) is 9.78 Å². The summed E-state index contributed by atoms with van der Waals surface area (Å²) >= 11 is 0. The maximum absolute atomic E-state index is 11.1. The molecule has 1 aromatic heterocycles. The summed E-state index contributed by atoms with van der Waals surface area (Å²) in [5.74, 6) is -1.49. The zero-order valence-corrected chi connectivity index (χ0v) is 8.61. The molecule has 6 heteroatoms. The van der Waals surface area contributed by atoms with Gasteiger partial charge in [0, 0.05) is 30.9 Å². The molecule has 0 aliphatic rings. The van der Waals surface area contributed by atoms with Gasteiger partial charge in [0.05, 0.1) is 12.1 Å². The number of pyridine rings is 1. The number of esters is 2. The van der Waals surface area contributed by atoms with Gasteiger partial charge in [0.25, 0.3) is 0 Å². The summed E-state index contributed by atoms with van der Waals surface area (Å²) in [6, 6.07) is 3.07. The molecule has 1 heterocycles. The van der Waals surface area contributed by atoms with Gasteiger partial charge in [-0.2, -0.15) is 0 Å². The number of hydrogen-bond acceptors (Lipinski definition) is 5. The normalized spacial score (nSPS) is 8.64. The van der Waals surface area contributed by atoms with E-state index in [1.165, 1.54) is 18.5 Å². The minimum absolute atomic E-state index is 0. The van der Waals surface area contributed by atoms with Crippen LogP contribution in [0.1, 0.15) is 10.4 Å². The van der Waals surface area contributed by atoms with Crippen LogP contribution in [0.2, 0.25) is 0 Å². The molecule has 0 aliphatic carbocycles. The number of ether oxygens (including phenoxy) is 1. The molecule has 0 amide bonds. The number of rotatable bonds is 2. The Labute approximate surface area is 92.5 Å². The molecule has 0 saturated heterocycles. The Hall–Kier alpha value is -1.17. The molecule has 0 unspecified atom stereocenters. The second kappa shape index (κ2) is 6.31. The van der Waals surface area contributed by atoms with Crippen LogP contribution in [0.4, 0.5) is 0 Å². The minimum atomic E-state index is -0.756. The number of nitrogens with zero attached hydrogens (tertiary/aromatic N) is 1. The number of carbonyl (C=O) groups excluding carboxylic acids is 2. The number of aromatic nitrogens is 1. The van der Waals surface area contributed by atoms with E-state index in [2.05, 4.69) is 9.72 Å². The van der Waals surface area contributed by atoms with Crippen LogP contribution in [0.5, 0.6) is 0 Å². The molecule has 0 aliphatic heterocycles. The second-order valence-corrected chi connectivity index (χ2v) is 2.21. The van der Waals surface area contributed by atoms with Crippen molar-refractivity contribution in [1.29, 1.82) is 0 Å². The van der Waals surface area contributed by atoms with Gasteiger partial charge >= 0.3 is 11.9 Å². The molecule has 5 nitrogen and oxygen atoms in total. The molecule has 1 rings (SSSR count). The van der Waals surface area contributed by atoms with E-state index in [1.807, 2.05) is 0 Å². The molecule has 73 valence electrons. The van der Waals surface area contributed by atoms with E-state index in [4.69, 9.17) is 5.73 Å². The van der Waals surface area contributed by atoms with Crippen LogP contribution >= 0.6 is 0 Å². The molecule has 0 bridgehead atoms. The smallest absolute Gasteiger partial charge is 0.347 e. The van der Waals surface area contributed by atoms with E-state index in [0.29, 0.717) is 0 Å². The second-order valence-electron chi connectivity index (χ2n) is 2.21. The molecule has 1 radical (unpaired) electrons. The van der Waals surface area contributed by atoms with Crippen LogP contribution in [0.15, 0.2) is 24.5 Å². The monoisotopic (exact) mass is 231 g/mol. The van der Waals surface area contributed by atoms with Crippen LogP contribution in [-0.4, -0.2) is 23.5 Å². The van der Waals surface area contributed by atoms with Gasteiger partial charge in [0.1, 0.15) is 0 Å². The van der Waals surface area contributed by atoms with E-state index in [-0.39, 0.29) is 30.7 Å². The Morgan fingerprint density at radius 2 is 2.21 bits per heavy atom. The summed E-state index contributed by atoms with van der Waals surface area (Å²) in [6.45, 7) is -0.313. The van der Waals surface area contributed by atoms with Crippen molar-refractivity contribution in [3.05, 3.63) is 30.1 Å². The third-order valence-corrected chi connectivity index (χ3v) is 1.27. The Morgan fingerprint density at radius 1 is 1.50 bits per heavy atom. The van der Waals surface area contributed by atoms with Gasteiger partial charge in [-0.25, -0.2) is 4.79 Å². The molecule has 0 saturated carbocycles. The van der Waals surface area contributed by atoms with Crippen molar-refractivity contribution in [3.8, 4) is 0 Å². The predicted octanol–water partition coefficient (Wildman–Crippen LogP) is -0.279. The topological polar surface area (TPSA) is 82.3 Å². The van der Waals surface area contributed by atoms with Crippen LogP contribution in [0.3, 0.4) is 0 Å². The fourth-order valence-electron chi connectivity index (χ4n) is 0.687. The molecular formula is C8H8N2O3V. The molecule has 0 aromatic carbocycles. The molecule has 0 spiro atoms. The zero-order valence-electron chi connectivity index (χ0n) is 7.21. The average Bonchev–Trinajstić information content (AvgIpc) is 2.19. The molecule has 0 atom stereocenters. The first-order valence-corrected chi connectivity index (χ1v) is 3.59. The SMILES string of the molecule is NCC(=O)OC(=O)c1cccnc1.[V]. The quantitative estimate of drug-likeness (QED) is 0.559. The molecule has 1 aromatic rings.